The van der Waals surface area contributed by atoms with Gasteiger partial charge >= 0.3 is 0 Å². The van der Waals surface area contributed by atoms with Crippen LogP contribution >= 0.6 is 0 Å². The zero-order chi connectivity index (χ0) is 13.2. The average molecular weight is 256 g/mol. The highest BCUT2D eigenvalue weighted by molar-refractivity contribution is 5.29. The van der Waals surface area contributed by atoms with E-state index in [1.807, 2.05) is 0 Å². The van der Waals surface area contributed by atoms with Crippen molar-refractivity contribution in [3.8, 4) is 5.75 Å². The molecule has 1 aliphatic rings. The maximum absolute atomic E-state index is 10.7. The average Bonchev–Trinajstić information content (AvgIpc) is 2.79. The Balaban J connectivity index is 2.33. The van der Waals surface area contributed by atoms with Gasteiger partial charge in [-0.3, -0.25) is 4.68 Å². The van der Waals surface area contributed by atoms with Crippen LogP contribution in [0.3, 0.4) is 0 Å². The lowest BCUT2D eigenvalue weighted by molar-refractivity contribution is -0.156. The first-order valence-corrected chi connectivity index (χ1v) is 6.01. The summed E-state index contributed by atoms with van der Waals surface area (Å²) in [6.07, 6.45) is 2.12. The van der Waals surface area contributed by atoms with Crippen LogP contribution in [0.25, 0.3) is 0 Å². The van der Waals surface area contributed by atoms with Crippen LogP contribution in [0.2, 0.25) is 0 Å². The molecule has 1 aliphatic heterocycles. The molecule has 0 aliphatic carbocycles. The molecule has 0 radical (unpaired) electrons. The summed E-state index contributed by atoms with van der Waals surface area (Å²) >= 11 is 0. The fourth-order valence-corrected chi connectivity index (χ4v) is 2.45. The van der Waals surface area contributed by atoms with Crippen LogP contribution in [0, 0.1) is 0 Å². The molecule has 0 aromatic carbocycles. The lowest BCUT2D eigenvalue weighted by atomic mass is 9.86. The van der Waals surface area contributed by atoms with Crippen LogP contribution in [0.15, 0.2) is 6.20 Å². The van der Waals surface area contributed by atoms with Crippen LogP contribution in [-0.4, -0.2) is 47.9 Å². The van der Waals surface area contributed by atoms with Gasteiger partial charge in [-0.25, -0.2) is 0 Å². The molecule has 2 heterocycles. The molecule has 1 aromatic heterocycles. The summed E-state index contributed by atoms with van der Waals surface area (Å²) in [5.41, 5.74) is 0.0144. The summed E-state index contributed by atoms with van der Waals surface area (Å²) in [7, 11) is 4.97. The molecule has 1 N–H and O–H groups in total. The Labute approximate surface area is 106 Å². The van der Waals surface area contributed by atoms with Crippen LogP contribution in [-0.2, 0) is 16.5 Å². The van der Waals surface area contributed by atoms with Gasteiger partial charge in [-0.05, 0) is 0 Å². The standard InChI is InChI=1S/C12H20N2O4/c1-14-10(9(16-2)8-13-14)11(15)12(17-3)4-6-18-7-5-12/h8,11,15H,4-7H2,1-3H3. The zero-order valence-electron chi connectivity index (χ0n) is 11.0. The molecule has 1 atom stereocenters. The maximum atomic E-state index is 10.7. The number of rotatable bonds is 4. The maximum Gasteiger partial charge on any atom is 0.162 e. The van der Waals surface area contributed by atoms with E-state index in [0.29, 0.717) is 37.5 Å². The molecule has 6 nitrogen and oxygen atoms in total. The smallest absolute Gasteiger partial charge is 0.162 e. The van der Waals surface area contributed by atoms with E-state index in [2.05, 4.69) is 5.10 Å². The molecule has 0 spiro atoms. The predicted octanol–water partition coefficient (Wildman–Crippen LogP) is 0.658. The quantitative estimate of drug-likeness (QED) is 0.857. The van der Waals surface area contributed by atoms with E-state index in [1.165, 1.54) is 0 Å². The van der Waals surface area contributed by atoms with Crippen molar-refractivity contribution in [1.29, 1.82) is 0 Å². The van der Waals surface area contributed by atoms with E-state index >= 15 is 0 Å². The lowest BCUT2D eigenvalue weighted by Crippen LogP contribution is -2.44. The summed E-state index contributed by atoms with van der Waals surface area (Å²) < 4.78 is 17.8. The van der Waals surface area contributed by atoms with Gasteiger partial charge in [0, 0.05) is 40.2 Å². The molecule has 0 amide bonds. The van der Waals surface area contributed by atoms with E-state index in [1.54, 1.807) is 32.1 Å². The molecule has 1 saturated heterocycles. The number of ether oxygens (including phenoxy) is 3. The number of aliphatic hydroxyl groups excluding tert-OH is 1. The van der Waals surface area contributed by atoms with E-state index in [4.69, 9.17) is 14.2 Å². The Bertz CT molecular complexity index is 399. The Kier molecular flexibility index (Phi) is 3.89. The monoisotopic (exact) mass is 256 g/mol. The van der Waals surface area contributed by atoms with Crippen molar-refractivity contribution in [2.75, 3.05) is 27.4 Å². The minimum Gasteiger partial charge on any atom is -0.493 e. The highest BCUT2D eigenvalue weighted by Crippen LogP contribution is 2.40. The van der Waals surface area contributed by atoms with E-state index in [-0.39, 0.29) is 0 Å². The molecule has 102 valence electrons. The second-order valence-electron chi connectivity index (χ2n) is 4.51. The normalized spacial score (nSPS) is 20.7. The molecule has 6 heteroatoms. The van der Waals surface area contributed by atoms with Gasteiger partial charge in [0.2, 0.25) is 0 Å². The first-order valence-electron chi connectivity index (χ1n) is 6.01. The van der Waals surface area contributed by atoms with Gasteiger partial charge < -0.3 is 19.3 Å². The summed E-state index contributed by atoms with van der Waals surface area (Å²) in [5.74, 6) is 0.577. The van der Waals surface area contributed by atoms with Crippen LogP contribution in [0.1, 0.15) is 24.6 Å². The Morgan fingerprint density at radius 1 is 1.44 bits per heavy atom. The minimum atomic E-state index is -0.783. The minimum absolute atomic E-state index is 0.577. The third kappa shape index (κ3) is 2.11. The molecule has 1 aromatic rings. The van der Waals surface area contributed by atoms with Crippen LogP contribution < -0.4 is 4.74 Å². The van der Waals surface area contributed by atoms with Crippen molar-refractivity contribution in [2.45, 2.75) is 24.5 Å². The molecule has 1 unspecified atom stereocenters. The van der Waals surface area contributed by atoms with Gasteiger partial charge in [-0.15, -0.1) is 0 Å². The van der Waals surface area contributed by atoms with E-state index in [9.17, 15) is 5.11 Å². The van der Waals surface area contributed by atoms with Gasteiger partial charge in [0.25, 0.3) is 0 Å². The van der Waals surface area contributed by atoms with Crippen molar-refractivity contribution in [3.05, 3.63) is 11.9 Å². The Morgan fingerprint density at radius 3 is 2.67 bits per heavy atom. The number of nitrogens with zero attached hydrogens (tertiary/aromatic N) is 2. The fraction of sp³-hybridized carbons (Fsp3) is 0.750. The number of aryl methyl sites for hydroxylation is 1. The number of hydrogen-bond acceptors (Lipinski definition) is 5. The number of hydrogen-bond donors (Lipinski definition) is 1. The predicted molar refractivity (Wildman–Crippen MR) is 64.5 cm³/mol. The van der Waals surface area contributed by atoms with Gasteiger partial charge in [0.15, 0.2) is 5.75 Å². The number of methoxy groups -OCH3 is 2. The van der Waals surface area contributed by atoms with Gasteiger partial charge in [0.1, 0.15) is 17.4 Å². The highest BCUT2D eigenvalue weighted by Gasteiger charge is 2.43. The lowest BCUT2D eigenvalue weighted by Gasteiger charge is -2.39. The Morgan fingerprint density at radius 2 is 2.11 bits per heavy atom. The van der Waals surface area contributed by atoms with Gasteiger partial charge in [-0.2, -0.15) is 5.10 Å². The third-order valence-corrected chi connectivity index (χ3v) is 3.67. The SMILES string of the molecule is COc1cnn(C)c1C(O)C1(OC)CCOCC1. The number of aliphatic hydroxyl groups is 1. The topological polar surface area (TPSA) is 65.7 Å². The van der Waals surface area contributed by atoms with Gasteiger partial charge in [0.05, 0.1) is 13.3 Å². The van der Waals surface area contributed by atoms with Gasteiger partial charge in [-0.1, -0.05) is 0 Å². The summed E-state index contributed by atoms with van der Waals surface area (Å²) in [5, 5.41) is 14.8. The van der Waals surface area contributed by atoms with Crippen molar-refractivity contribution >= 4 is 0 Å². The molecule has 2 rings (SSSR count). The summed E-state index contributed by atoms with van der Waals surface area (Å²) in [4.78, 5) is 0. The first-order chi connectivity index (χ1) is 8.64. The molecular formula is C12H20N2O4. The first kappa shape index (κ1) is 13.3. The zero-order valence-corrected chi connectivity index (χ0v) is 11.0. The third-order valence-electron chi connectivity index (χ3n) is 3.67. The van der Waals surface area contributed by atoms with Crippen molar-refractivity contribution in [3.63, 3.8) is 0 Å². The molecule has 1 fully saturated rings. The number of aromatic nitrogens is 2. The van der Waals surface area contributed by atoms with Crippen molar-refractivity contribution in [1.82, 2.24) is 9.78 Å². The highest BCUT2D eigenvalue weighted by atomic mass is 16.5. The van der Waals surface area contributed by atoms with E-state index < -0.39 is 11.7 Å². The van der Waals surface area contributed by atoms with E-state index in [0.717, 1.165) is 0 Å². The second-order valence-corrected chi connectivity index (χ2v) is 4.51. The van der Waals surface area contributed by atoms with Crippen LogP contribution in [0.5, 0.6) is 5.75 Å². The Hall–Kier alpha value is -1.11. The molecule has 0 bridgehead atoms. The van der Waals surface area contributed by atoms with Crippen LogP contribution in [0.4, 0.5) is 0 Å². The summed E-state index contributed by atoms with van der Waals surface area (Å²) in [6.45, 7) is 1.18. The fourth-order valence-electron chi connectivity index (χ4n) is 2.45. The molecule has 0 saturated carbocycles. The second kappa shape index (κ2) is 5.26. The molecule has 18 heavy (non-hydrogen) atoms. The van der Waals surface area contributed by atoms with Crippen molar-refractivity contribution in [2.24, 2.45) is 7.05 Å². The van der Waals surface area contributed by atoms with Crippen molar-refractivity contribution < 1.29 is 19.3 Å². The molecular weight excluding hydrogens is 236 g/mol. The largest absolute Gasteiger partial charge is 0.493 e. The summed E-state index contributed by atoms with van der Waals surface area (Å²) in [6, 6.07) is 0.